The fraction of sp³-hybridized carbons (Fsp3) is 0.538. The zero-order chi connectivity index (χ0) is 12.3. The van der Waals surface area contributed by atoms with E-state index in [0.29, 0.717) is 10.0 Å². The molecule has 1 saturated carbocycles. The minimum atomic E-state index is -0.185. The van der Waals surface area contributed by atoms with Crippen molar-refractivity contribution >= 4 is 23.2 Å². The number of aliphatic hydroxyl groups excluding tert-OH is 1. The lowest BCUT2D eigenvalue weighted by Crippen LogP contribution is -2.36. The van der Waals surface area contributed by atoms with Gasteiger partial charge in [-0.15, -0.1) is 0 Å². The van der Waals surface area contributed by atoms with Crippen molar-refractivity contribution < 1.29 is 5.11 Å². The third kappa shape index (κ3) is 3.59. The van der Waals surface area contributed by atoms with E-state index in [4.69, 9.17) is 23.2 Å². The first-order valence-electron chi connectivity index (χ1n) is 6.02. The molecule has 0 aromatic heterocycles. The normalized spacial score (nSPS) is 24.2. The molecule has 0 aliphatic heterocycles. The molecule has 2 atom stereocenters. The lowest BCUT2D eigenvalue weighted by Gasteiger charge is -2.16. The van der Waals surface area contributed by atoms with Crippen LogP contribution in [-0.4, -0.2) is 23.8 Å². The molecular formula is C13H17Cl2NO. The van der Waals surface area contributed by atoms with Gasteiger partial charge in [0.15, 0.2) is 0 Å². The molecule has 0 bridgehead atoms. The lowest BCUT2D eigenvalue weighted by atomic mass is 10.1. The van der Waals surface area contributed by atoms with Gasteiger partial charge in [-0.3, -0.25) is 0 Å². The number of nitrogens with one attached hydrogen (secondary N) is 1. The van der Waals surface area contributed by atoms with Gasteiger partial charge in [-0.25, -0.2) is 0 Å². The molecule has 0 amide bonds. The standard InChI is InChI=1S/C13H17Cl2NO/c14-10-5-4-9(11(15)8-10)6-7-16-12-2-1-3-13(12)17/h4-5,8,12-13,16-17H,1-3,6-7H2/t12-,13-/m0/s1. The summed E-state index contributed by atoms with van der Waals surface area (Å²) in [6.45, 7) is 0.836. The number of rotatable bonds is 4. The summed E-state index contributed by atoms with van der Waals surface area (Å²) in [7, 11) is 0. The molecule has 2 rings (SSSR count). The van der Waals surface area contributed by atoms with Crippen LogP contribution < -0.4 is 5.32 Å². The number of aliphatic hydroxyl groups is 1. The molecule has 1 aromatic carbocycles. The van der Waals surface area contributed by atoms with Gasteiger partial charge >= 0.3 is 0 Å². The Morgan fingerprint density at radius 3 is 2.76 bits per heavy atom. The van der Waals surface area contributed by atoms with Gasteiger partial charge in [-0.1, -0.05) is 29.3 Å². The van der Waals surface area contributed by atoms with Gasteiger partial charge in [0, 0.05) is 16.1 Å². The van der Waals surface area contributed by atoms with E-state index in [0.717, 1.165) is 37.8 Å². The van der Waals surface area contributed by atoms with E-state index < -0.39 is 0 Å². The molecular weight excluding hydrogens is 257 g/mol. The lowest BCUT2D eigenvalue weighted by molar-refractivity contribution is 0.149. The Bertz CT molecular complexity index is 384. The molecule has 17 heavy (non-hydrogen) atoms. The minimum Gasteiger partial charge on any atom is -0.392 e. The third-order valence-corrected chi connectivity index (χ3v) is 3.88. The fourth-order valence-corrected chi connectivity index (χ4v) is 2.80. The van der Waals surface area contributed by atoms with Crippen LogP contribution in [0.25, 0.3) is 0 Å². The maximum atomic E-state index is 9.67. The zero-order valence-electron chi connectivity index (χ0n) is 9.63. The van der Waals surface area contributed by atoms with Crippen LogP contribution in [0.2, 0.25) is 10.0 Å². The van der Waals surface area contributed by atoms with Crippen LogP contribution in [0, 0.1) is 0 Å². The second kappa shape index (κ2) is 6.05. The van der Waals surface area contributed by atoms with E-state index in [9.17, 15) is 5.11 Å². The Labute approximate surface area is 112 Å². The quantitative estimate of drug-likeness (QED) is 0.884. The van der Waals surface area contributed by atoms with Crippen LogP contribution in [0.1, 0.15) is 24.8 Å². The largest absolute Gasteiger partial charge is 0.392 e. The Balaban J connectivity index is 1.81. The van der Waals surface area contributed by atoms with E-state index >= 15 is 0 Å². The van der Waals surface area contributed by atoms with Crippen LogP contribution in [0.15, 0.2) is 18.2 Å². The Hall–Kier alpha value is -0.280. The van der Waals surface area contributed by atoms with E-state index in [-0.39, 0.29) is 12.1 Å². The topological polar surface area (TPSA) is 32.3 Å². The van der Waals surface area contributed by atoms with Crippen molar-refractivity contribution in [1.29, 1.82) is 0 Å². The summed E-state index contributed by atoms with van der Waals surface area (Å²) in [5.41, 5.74) is 1.09. The number of benzene rings is 1. The molecule has 0 heterocycles. The monoisotopic (exact) mass is 273 g/mol. The van der Waals surface area contributed by atoms with Crippen molar-refractivity contribution in [2.75, 3.05) is 6.54 Å². The SMILES string of the molecule is O[C@H]1CCC[C@@H]1NCCc1ccc(Cl)cc1Cl. The van der Waals surface area contributed by atoms with Crippen molar-refractivity contribution in [3.8, 4) is 0 Å². The summed E-state index contributed by atoms with van der Waals surface area (Å²) in [5, 5.41) is 14.4. The molecule has 4 heteroatoms. The van der Waals surface area contributed by atoms with Crippen LogP contribution in [0.4, 0.5) is 0 Å². The molecule has 0 saturated heterocycles. The molecule has 1 aromatic rings. The predicted molar refractivity (Wildman–Crippen MR) is 71.8 cm³/mol. The van der Waals surface area contributed by atoms with E-state index in [1.54, 1.807) is 6.07 Å². The first-order chi connectivity index (χ1) is 8.16. The Morgan fingerprint density at radius 2 is 2.12 bits per heavy atom. The van der Waals surface area contributed by atoms with Crippen molar-refractivity contribution in [2.24, 2.45) is 0 Å². The maximum absolute atomic E-state index is 9.67. The van der Waals surface area contributed by atoms with Gasteiger partial charge in [0.1, 0.15) is 0 Å². The summed E-state index contributed by atoms with van der Waals surface area (Å²) in [5.74, 6) is 0. The predicted octanol–water partition coefficient (Wildman–Crippen LogP) is 3.04. The maximum Gasteiger partial charge on any atom is 0.0693 e. The number of hydrogen-bond donors (Lipinski definition) is 2. The molecule has 1 aliphatic rings. The Morgan fingerprint density at radius 1 is 1.29 bits per heavy atom. The van der Waals surface area contributed by atoms with Gasteiger partial charge in [0.05, 0.1) is 6.10 Å². The molecule has 2 nitrogen and oxygen atoms in total. The average molecular weight is 274 g/mol. The molecule has 0 radical (unpaired) electrons. The van der Waals surface area contributed by atoms with Gasteiger partial charge in [-0.05, 0) is 49.9 Å². The fourth-order valence-electron chi connectivity index (χ4n) is 2.30. The van der Waals surface area contributed by atoms with Gasteiger partial charge in [0.2, 0.25) is 0 Å². The van der Waals surface area contributed by atoms with Crippen LogP contribution in [-0.2, 0) is 6.42 Å². The van der Waals surface area contributed by atoms with Crippen LogP contribution in [0.5, 0.6) is 0 Å². The van der Waals surface area contributed by atoms with Crippen LogP contribution in [0.3, 0.4) is 0 Å². The molecule has 94 valence electrons. The average Bonchev–Trinajstić information content (AvgIpc) is 2.68. The summed E-state index contributed by atoms with van der Waals surface area (Å²) >= 11 is 11.9. The first-order valence-corrected chi connectivity index (χ1v) is 6.78. The number of hydrogen-bond acceptors (Lipinski definition) is 2. The van der Waals surface area contributed by atoms with E-state index in [2.05, 4.69) is 5.32 Å². The second-order valence-electron chi connectivity index (χ2n) is 4.54. The highest BCUT2D eigenvalue weighted by Gasteiger charge is 2.24. The number of halogens is 2. The minimum absolute atomic E-state index is 0.185. The van der Waals surface area contributed by atoms with E-state index in [1.807, 2.05) is 12.1 Å². The molecule has 1 fully saturated rings. The molecule has 1 aliphatic carbocycles. The van der Waals surface area contributed by atoms with Gasteiger partial charge < -0.3 is 10.4 Å². The summed E-state index contributed by atoms with van der Waals surface area (Å²) < 4.78 is 0. The van der Waals surface area contributed by atoms with Crippen molar-refractivity contribution in [3.05, 3.63) is 33.8 Å². The first kappa shape index (κ1) is 13.2. The third-order valence-electron chi connectivity index (χ3n) is 3.30. The summed E-state index contributed by atoms with van der Waals surface area (Å²) in [4.78, 5) is 0. The van der Waals surface area contributed by atoms with E-state index in [1.165, 1.54) is 0 Å². The highest BCUT2D eigenvalue weighted by Crippen LogP contribution is 2.22. The van der Waals surface area contributed by atoms with Gasteiger partial charge in [-0.2, -0.15) is 0 Å². The molecule has 0 spiro atoms. The van der Waals surface area contributed by atoms with Gasteiger partial charge in [0.25, 0.3) is 0 Å². The zero-order valence-corrected chi connectivity index (χ0v) is 11.1. The second-order valence-corrected chi connectivity index (χ2v) is 5.39. The highest BCUT2D eigenvalue weighted by atomic mass is 35.5. The Kier molecular flexibility index (Phi) is 4.69. The molecule has 0 unspecified atom stereocenters. The summed E-state index contributed by atoms with van der Waals surface area (Å²) in [6, 6.07) is 5.83. The highest BCUT2D eigenvalue weighted by molar-refractivity contribution is 6.35. The molecule has 2 N–H and O–H groups in total. The smallest absolute Gasteiger partial charge is 0.0693 e. The van der Waals surface area contributed by atoms with Crippen molar-refractivity contribution in [3.63, 3.8) is 0 Å². The van der Waals surface area contributed by atoms with Crippen molar-refractivity contribution in [1.82, 2.24) is 5.32 Å². The van der Waals surface area contributed by atoms with Crippen molar-refractivity contribution in [2.45, 2.75) is 37.8 Å². The van der Waals surface area contributed by atoms with Crippen LogP contribution >= 0.6 is 23.2 Å². The summed E-state index contributed by atoms with van der Waals surface area (Å²) in [6.07, 6.45) is 3.77.